The molecular weight excluding hydrogens is 212 g/mol. The molecule has 0 bridgehead atoms. The highest BCUT2D eigenvalue weighted by Gasteiger charge is 2.07. The zero-order valence-electron chi connectivity index (χ0n) is 8.54. The van der Waals surface area contributed by atoms with E-state index in [9.17, 15) is 9.59 Å². The summed E-state index contributed by atoms with van der Waals surface area (Å²) in [6.45, 7) is -0.505. The van der Waals surface area contributed by atoms with Crippen molar-refractivity contribution in [1.29, 1.82) is 0 Å². The number of hydrogen-bond donors (Lipinski definition) is 4. The first-order valence-corrected chi connectivity index (χ1v) is 4.43. The molecule has 1 aromatic rings. The van der Waals surface area contributed by atoms with Gasteiger partial charge in [0.05, 0.1) is 6.61 Å². The number of aliphatic carboxylic acids is 1. The number of carboxylic acids is 1. The fourth-order valence-electron chi connectivity index (χ4n) is 0.681. The van der Waals surface area contributed by atoms with Gasteiger partial charge in [-0.25, -0.2) is 0 Å². The van der Waals surface area contributed by atoms with E-state index >= 15 is 0 Å². The Kier molecular flexibility index (Phi) is 6.50. The van der Waals surface area contributed by atoms with E-state index in [1.165, 1.54) is 0 Å². The van der Waals surface area contributed by atoms with Gasteiger partial charge < -0.3 is 21.7 Å². The summed E-state index contributed by atoms with van der Waals surface area (Å²) in [6.07, 6.45) is 0. The molecule has 0 fully saturated rings. The van der Waals surface area contributed by atoms with Crippen molar-refractivity contribution in [2.24, 2.45) is 11.5 Å². The van der Waals surface area contributed by atoms with E-state index in [-0.39, 0.29) is 5.91 Å². The molecule has 0 saturated heterocycles. The van der Waals surface area contributed by atoms with Gasteiger partial charge >= 0.3 is 5.97 Å². The fraction of sp³-hybridized carbons (Fsp3) is 0.200. The van der Waals surface area contributed by atoms with E-state index in [0.29, 0.717) is 5.56 Å². The standard InChI is InChI=1S/C7H7NO.C3H7NO3/c8-7(9)6-4-2-1-3-5-6;4-2(1-5)3(6)7/h1-5H,(H2,8,9);2,5H,1,4H2,(H,6,7)/t;2-/m.0/s1. The molecule has 0 unspecified atom stereocenters. The molecule has 6 nitrogen and oxygen atoms in total. The highest BCUT2D eigenvalue weighted by molar-refractivity contribution is 5.92. The average Bonchev–Trinajstić information content (AvgIpc) is 2.29. The second kappa shape index (κ2) is 7.38. The summed E-state index contributed by atoms with van der Waals surface area (Å²) < 4.78 is 0. The van der Waals surface area contributed by atoms with Crippen molar-refractivity contribution in [2.45, 2.75) is 6.04 Å². The number of nitrogens with two attached hydrogens (primary N) is 2. The maximum absolute atomic E-state index is 10.4. The van der Waals surface area contributed by atoms with Gasteiger partial charge in [-0.15, -0.1) is 0 Å². The molecule has 88 valence electrons. The van der Waals surface area contributed by atoms with Crippen LogP contribution in [0.25, 0.3) is 0 Å². The van der Waals surface area contributed by atoms with Crippen molar-refractivity contribution >= 4 is 11.9 Å². The Balaban J connectivity index is 0.000000293. The van der Waals surface area contributed by atoms with E-state index in [1.807, 2.05) is 6.07 Å². The van der Waals surface area contributed by atoms with Crippen LogP contribution in [0.3, 0.4) is 0 Å². The lowest BCUT2D eigenvalue weighted by atomic mass is 10.2. The molecule has 1 rings (SSSR count). The summed E-state index contributed by atoms with van der Waals surface area (Å²) in [5.74, 6) is -1.56. The molecule has 6 heteroatoms. The average molecular weight is 226 g/mol. The van der Waals surface area contributed by atoms with Crippen molar-refractivity contribution in [3.63, 3.8) is 0 Å². The minimum Gasteiger partial charge on any atom is -0.480 e. The normalized spacial score (nSPS) is 10.9. The van der Waals surface area contributed by atoms with Crippen LogP contribution in [0.4, 0.5) is 0 Å². The first-order valence-electron chi connectivity index (χ1n) is 4.43. The molecule has 0 radical (unpaired) electrons. The highest BCUT2D eigenvalue weighted by Crippen LogP contribution is 1.94. The largest absolute Gasteiger partial charge is 0.480 e. The molecule has 0 heterocycles. The monoisotopic (exact) mass is 226 g/mol. The van der Waals surface area contributed by atoms with Crippen LogP contribution in [-0.2, 0) is 4.79 Å². The van der Waals surface area contributed by atoms with Crippen LogP contribution in [0.1, 0.15) is 10.4 Å². The van der Waals surface area contributed by atoms with Crippen LogP contribution < -0.4 is 11.5 Å². The first-order chi connectivity index (χ1) is 7.49. The van der Waals surface area contributed by atoms with Gasteiger partial charge in [0.1, 0.15) is 6.04 Å². The third-order valence-corrected chi connectivity index (χ3v) is 1.57. The third-order valence-electron chi connectivity index (χ3n) is 1.57. The van der Waals surface area contributed by atoms with E-state index < -0.39 is 18.6 Å². The van der Waals surface area contributed by atoms with Crippen LogP contribution in [0, 0.1) is 0 Å². The molecule has 16 heavy (non-hydrogen) atoms. The third kappa shape index (κ3) is 5.74. The number of rotatable bonds is 3. The Morgan fingerprint density at radius 2 is 1.75 bits per heavy atom. The van der Waals surface area contributed by atoms with Crippen molar-refractivity contribution in [1.82, 2.24) is 0 Å². The minimum absolute atomic E-state index is 0.379. The van der Waals surface area contributed by atoms with Gasteiger partial charge in [0.15, 0.2) is 0 Å². The Hall–Kier alpha value is -1.92. The van der Waals surface area contributed by atoms with Gasteiger partial charge in [0, 0.05) is 5.56 Å². The molecule has 0 aliphatic carbocycles. The van der Waals surface area contributed by atoms with Crippen molar-refractivity contribution in [3.05, 3.63) is 35.9 Å². The predicted octanol–water partition coefficient (Wildman–Crippen LogP) is -0.824. The Labute approximate surface area is 92.5 Å². The zero-order valence-corrected chi connectivity index (χ0v) is 8.54. The molecule has 1 aromatic carbocycles. The summed E-state index contributed by atoms with van der Waals surface area (Å²) in [4.78, 5) is 20.1. The zero-order chi connectivity index (χ0) is 12.6. The molecule has 1 amide bonds. The summed E-state index contributed by atoms with van der Waals surface area (Å²) in [7, 11) is 0. The molecule has 0 aliphatic rings. The van der Waals surface area contributed by atoms with Gasteiger partial charge in [-0.1, -0.05) is 18.2 Å². The van der Waals surface area contributed by atoms with Gasteiger partial charge in [-0.3, -0.25) is 9.59 Å². The Morgan fingerprint density at radius 3 is 1.94 bits per heavy atom. The van der Waals surface area contributed by atoms with Crippen molar-refractivity contribution < 1.29 is 19.8 Å². The van der Waals surface area contributed by atoms with Crippen molar-refractivity contribution in [3.8, 4) is 0 Å². The van der Waals surface area contributed by atoms with E-state index in [4.69, 9.17) is 21.7 Å². The summed E-state index contributed by atoms with van der Waals surface area (Å²) >= 11 is 0. The number of aliphatic hydroxyl groups is 1. The molecule has 0 saturated carbocycles. The van der Waals surface area contributed by atoms with Gasteiger partial charge in [-0.2, -0.15) is 0 Å². The Morgan fingerprint density at radius 1 is 1.25 bits per heavy atom. The number of amides is 1. The number of carbonyl (C=O) groups is 2. The molecule has 0 aliphatic heterocycles. The lowest BCUT2D eigenvalue weighted by molar-refractivity contribution is -0.139. The lowest BCUT2D eigenvalue weighted by Crippen LogP contribution is -2.33. The number of primary amides is 1. The lowest BCUT2D eigenvalue weighted by Gasteiger charge is -1.96. The maximum atomic E-state index is 10.4. The van der Waals surface area contributed by atoms with Crippen LogP contribution in [0.5, 0.6) is 0 Å². The second-order valence-electron chi connectivity index (χ2n) is 2.86. The second-order valence-corrected chi connectivity index (χ2v) is 2.86. The fourth-order valence-corrected chi connectivity index (χ4v) is 0.681. The van der Waals surface area contributed by atoms with Gasteiger partial charge in [0.2, 0.25) is 5.91 Å². The molecule has 6 N–H and O–H groups in total. The van der Waals surface area contributed by atoms with E-state index in [0.717, 1.165) is 0 Å². The van der Waals surface area contributed by atoms with Gasteiger partial charge in [-0.05, 0) is 12.1 Å². The van der Waals surface area contributed by atoms with Crippen LogP contribution in [0.15, 0.2) is 30.3 Å². The molecular formula is C10H14N2O4. The van der Waals surface area contributed by atoms with Crippen LogP contribution in [0.2, 0.25) is 0 Å². The highest BCUT2D eigenvalue weighted by atomic mass is 16.4. The number of aliphatic hydroxyl groups excluding tert-OH is 1. The predicted molar refractivity (Wildman–Crippen MR) is 57.7 cm³/mol. The van der Waals surface area contributed by atoms with E-state index in [2.05, 4.69) is 0 Å². The number of benzene rings is 1. The Bertz CT molecular complexity index is 340. The SMILES string of the molecule is NC(=O)c1ccccc1.N[C@@H](CO)C(=O)O. The smallest absolute Gasteiger partial charge is 0.322 e. The number of hydrogen-bond acceptors (Lipinski definition) is 4. The van der Waals surface area contributed by atoms with Gasteiger partial charge in [0.25, 0.3) is 0 Å². The first kappa shape index (κ1) is 14.1. The number of carbonyl (C=O) groups excluding carboxylic acids is 1. The molecule has 0 aromatic heterocycles. The molecule has 0 spiro atoms. The summed E-state index contributed by atoms with van der Waals surface area (Å²) in [5.41, 5.74) is 10.3. The quantitative estimate of drug-likeness (QED) is 0.535. The number of carboxylic acid groups (broad SMARTS) is 1. The van der Waals surface area contributed by atoms with Crippen molar-refractivity contribution in [2.75, 3.05) is 6.61 Å². The summed E-state index contributed by atoms with van der Waals surface area (Å²) in [6, 6.07) is 7.64. The minimum atomic E-state index is -1.18. The molecule has 1 atom stereocenters. The van der Waals surface area contributed by atoms with Crippen LogP contribution >= 0.6 is 0 Å². The summed E-state index contributed by atoms with van der Waals surface area (Å²) in [5, 5.41) is 15.9. The van der Waals surface area contributed by atoms with E-state index in [1.54, 1.807) is 24.3 Å². The maximum Gasteiger partial charge on any atom is 0.322 e. The topological polar surface area (TPSA) is 127 Å². The van der Waals surface area contributed by atoms with Crippen LogP contribution in [-0.4, -0.2) is 34.7 Å².